The van der Waals surface area contributed by atoms with Gasteiger partial charge in [0.15, 0.2) is 0 Å². The Hall–Kier alpha value is -3.42. The lowest BCUT2D eigenvalue weighted by atomic mass is 10.2. The second-order valence-electron chi connectivity index (χ2n) is 5.14. The first-order chi connectivity index (χ1) is 11.5. The number of nitrogens with zero attached hydrogens (tertiary/aromatic N) is 2. The summed E-state index contributed by atoms with van der Waals surface area (Å²) < 4.78 is 6.51. The van der Waals surface area contributed by atoms with E-state index in [0.29, 0.717) is 22.7 Å². The van der Waals surface area contributed by atoms with Gasteiger partial charge in [-0.3, -0.25) is 29.6 Å². The molecule has 0 spiro atoms. The maximum atomic E-state index is 12.3. The van der Waals surface area contributed by atoms with Crippen molar-refractivity contribution in [2.24, 2.45) is 0 Å². The standard InChI is InChI=1S/C16H14N4O4/c1-9-7-11(10(2)24-9)14(21)18-19-15(22)12-8-17-13-5-3-4-6-20(13)16(12)23/h3-8H,1-2H3,(H,18,21)(H,19,22). The van der Waals surface area contributed by atoms with Gasteiger partial charge in [-0.2, -0.15) is 0 Å². The van der Waals surface area contributed by atoms with E-state index < -0.39 is 17.4 Å². The summed E-state index contributed by atoms with van der Waals surface area (Å²) in [7, 11) is 0. The van der Waals surface area contributed by atoms with Crippen LogP contribution in [0, 0.1) is 13.8 Å². The molecule has 0 aromatic carbocycles. The van der Waals surface area contributed by atoms with Gasteiger partial charge in [-0.05, 0) is 32.0 Å². The Bertz CT molecular complexity index is 1000. The first kappa shape index (κ1) is 15.5. The first-order valence-corrected chi connectivity index (χ1v) is 7.11. The molecule has 0 atom stereocenters. The molecular formula is C16H14N4O4. The van der Waals surface area contributed by atoms with Crippen LogP contribution in [0.2, 0.25) is 0 Å². The molecule has 122 valence electrons. The number of furan rings is 1. The van der Waals surface area contributed by atoms with E-state index in [2.05, 4.69) is 15.8 Å². The predicted octanol–water partition coefficient (Wildman–Crippen LogP) is 0.979. The molecule has 3 aromatic heterocycles. The highest BCUT2D eigenvalue weighted by molar-refractivity contribution is 5.99. The number of hydrogen-bond donors (Lipinski definition) is 2. The zero-order valence-corrected chi connectivity index (χ0v) is 13.0. The molecule has 3 heterocycles. The average molecular weight is 326 g/mol. The van der Waals surface area contributed by atoms with E-state index in [9.17, 15) is 14.4 Å². The molecule has 3 aromatic rings. The van der Waals surface area contributed by atoms with E-state index >= 15 is 0 Å². The number of aromatic nitrogens is 2. The predicted molar refractivity (Wildman–Crippen MR) is 84.6 cm³/mol. The SMILES string of the molecule is Cc1cc(C(=O)NNC(=O)c2cnc3ccccn3c2=O)c(C)o1. The Morgan fingerprint density at radius 1 is 1.12 bits per heavy atom. The Kier molecular flexibility index (Phi) is 3.87. The van der Waals surface area contributed by atoms with Crippen LogP contribution in [0.1, 0.15) is 32.2 Å². The van der Waals surface area contributed by atoms with E-state index in [4.69, 9.17) is 4.42 Å². The van der Waals surface area contributed by atoms with Crippen molar-refractivity contribution >= 4 is 17.5 Å². The highest BCUT2D eigenvalue weighted by atomic mass is 16.3. The minimum atomic E-state index is -0.753. The van der Waals surface area contributed by atoms with Gasteiger partial charge in [0.25, 0.3) is 17.4 Å². The fourth-order valence-corrected chi connectivity index (χ4v) is 2.29. The number of rotatable bonds is 2. The number of hydrogen-bond acceptors (Lipinski definition) is 5. The lowest BCUT2D eigenvalue weighted by molar-refractivity contribution is 0.0844. The van der Waals surface area contributed by atoms with Gasteiger partial charge in [-0.25, -0.2) is 4.98 Å². The molecule has 3 rings (SSSR count). The third kappa shape index (κ3) is 2.76. The number of hydrazine groups is 1. The van der Waals surface area contributed by atoms with Crippen molar-refractivity contribution in [2.75, 3.05) is 0 Å². The summed E-state index contributed by atoms with van der Waals surface area (Å²) in [4.78, 5) is 40.5. The summed E-state index contributed by atoms with van der Waals surface area (Å²) in [5, 5.41) is 0. The summed E-state index contributed by atoms with van der Waals surface area (Å²) in [6.07, 6.45) is 2.68. The van der Waals surface area contributed by atoms with Crippen molar-refractivity contribution < 1.29 is 14.0 Å². The first-order valence-electron chi connectivity index (χ1n) is 7.11. The van der Waals surface area contributed by atoms with Gasteiger partial charge in [0.1, 0.15) is 22.7 Å². The van der Waals surface area contributed by atoms with Crippen LogP contribution in [0.4, 0.5) is 0 Å². The maximum Gasteiger partial charge on any atom is 0.276 e. The summed E-state index contributed by atoms with van der Waals surface area (Å²) in [5.41, 5.74) is 4.48. The summed E-state index contributed by atoms with van der Waals surface area (Å²) >= 11 is 0. The van der Waals surface area contributed by atoms with E-state index in [1.807, 2.05) is 0 Å². The number of pyridine rings is 1. The molecule has 2 N–H and O–H groups in total. The molecule has 0 aliphatic rings. The number of aryl methyl sites for hydroxylation is 2. The Balaban J connectivity index is 1.78. The highest BCUT2D eigenvalue weighted by Gasteiger charge is 2.17. The van der Waals surface area contributed by atoms with E-state index in [1.165, 1.54) is 16.8 Å². The summed E-state index contributed by atoms with van der Waals surface area (Å²) in [6, 6.07) is 6.60. The van der Waals surface area contributed by atoms with Crippen molar-refractivity contribution in [3.63, 3.8) is 0 Å². The van der Waals surface area contributed by atoms with Gasteiger partial charge in [0.2, 0.25) is 0 Å². The van der Waals surface area contributed by atoms with Crippen molar-refractivity contribution in [2.45, 2.75) is 13.8 Å². The quantitative estimate of drug-likeness (QED) is 0.683. The van der Waals surface area contributed by atoms with Crippen molar-refractivity contribution in [1.82, 2.24) is 20.2 Å². The lowest BCUT2D eigenvalue weighted by Crippen LogP contribution is -2.43. The number of carbonyl (C=O) groups is 2. The molecule has 8 heteroatoms. The number of fused-ring (bicyclic) bond motifs is 1. The third-order valence-corrected chi connectivity index (χ3v) is 3.43. The average Bonchev–Trinajstić information content (AvgIpc) is 2.91. The van der Waals surface area contributed by atoms with Crippen LogP contribution in [0.5, 0.6) is 0 Å². The number of nitrogens with one attached hydrogen (secondary N) is 2. The van der Waals surface area contributed by atoms with Gasteiger partial charge in [0.05, 0.1) is 5.56 Å². The van der Waals surface area contributed by atoms with Gasteiger partial charge in [-0.1, -0.05) is 6.07 Å². The van der Waals surface area contributed by atoms with Crippen molar-refractivity contribution in [3.05, 3.63) is 69.7 Å². The maximum absolute atomic E-state index is 12.3. The Morgan fingerprint density at radius 2 is 1.83 bits per heavy atom. The van der Waals surface area contributed by atoms with Gasteiger partial charge < -0.3 is 4.42 Å². The largest absolute Gasteiger partial charge is 0.466 e. The molecule has 0 fully saturated rings. The fourth-order valence-electron chi connectivity index (χ4n) is 2.29. The summed E-state index contributed by atoms with van der Waals surface area (Å²) in [5.74, 6) is -0.267. The molecule has 0 aliphatic heterocycles. The molecule has 0 saturated heterocycles. The topological polar surface area (TPSA) is 106 Å². The number of amides is 2. The van der Waals surface area contributed by atoms with Crippen LogP contribution in [-0.2, 0) is 0 Å². The van der Waals surface area contributed by atoms with Crippen LogP contribution in [-0.4, -0.2) is 21.2 Å². The Labute approximate surface area is 136 Å². The number of carbonyl (C=O) groups excluding carboxylic acids is 2. The van der Waals surface area contributed by atoms with Gasteiger partial charge in [-0.15, -0.1) is 0 Å². The Morgan fingerprint density at radius 3 is 2.50 bits per heavy atom. The summed E-state index contributed by atoms with van der Waals surface area (Å²) in [6.45, 7) is 3.35. The van der Waals surface area contributed by atoms with E-state index in [1.54, 1.807) is 38.1 Å². The molecule has 0 bridgehead atoms. The van der Waals surface area contributed by atoms with Crippen LogP contribution in [0.3, 0.4) is 0 Å². The van der Waals surface area contributed by atoms with Crippen LogP contribution in [0.25, 0.3) is 5.65 Å². The fraction of sp³-hybridized carbons (Fsp3) is 0.125. The minimum Gasteiger partial charge on any atom is -0.466 e. The van der Waals surface area contributed by atoms with Crippen molar-refractivity contribution in [3.8, 4) is 0 Å². The molecule has 0 radical (unpaired) electrons. The van der Waals surface area contributed by atoms with Crippen LogP contribution in [0.15, 0.2) is 45.9 Å². The lowest BCUT2D eigenvalue weighted by Gasteiger charge is -2.07. The van der Waals surface area contributed by atoms with E-state index in [-0.39, 0.29) is 5.56 Å². The van der Waals surface area contributed by atoms with Crippen LogP contribution >= 0.6 is 0 Å². The minimum absolute atomic E-state index is 0.181. The van der Waals surface area contributed by atoms with Gasteiger partial charge in [0, 0.05) is 12.4 Å². The second kappa shape index (κ2) is 5.99. The smallest absolute Gasteiger partial charge is 0.276 e. The van der Waals surface area contributed by atoms with Gasteiger partial charge >= 0.3 is 0 Å². The molecular weight excluding hydrogens is 312 g/mol. The van der Waals surface area contributed by atoms with Crippen molar-refractivity contribution in [1.29, 1.82) is 0 Å². The highest BCUT2D eigenvalue weighted by Crippen LogP contribution is 2.12. The molecule has 0 aliphatic carbocycles. The molecule has 24 heavy (non-hydrogen) atoms. The van der Waals surface area contributed by atoms with E-state index in [0.717, 1.165) is 0 Å². The third-order valence-electron chi connectivity index (χ3n) is 3.43. The molecule has 0 saturated carbocycles. The molecule has 8 nitrogen and oxygen atoms in total. The zero-order chi connectivity index (χ0) is 17.3. The monoisotopic (exact) mass is 326 g/mol. The molecule has 0 unspecified atom stereocenters. The normalized spacial score (nSPS) is 10.6. The second-order valence-corrected chi connectivity index (χ2v) is 5.14. The van der Waals surface area contributed by atoms with Crippen LogP contribution < -0.4 is 16.4 Å². The zero-order valence-electron chi connectivity index (χ0n) is 13.0. The molecule has 2 amide bonds.